The Labute approximate surface area is 101 Å². The molecule has 1 aromatic rings. The second-order valence-corrected chi connectivity index (χ2v) is 2.82. The summed E-state index contributed by atoms with van der Waals surface area (Å²) in [6.45, 7) is 6.04. The minimum absolute atomic E-state index is 0. The minimum Gasteiger partial charge on any atom is -0.339 e. The summed E-state index contributed by atoms with van der Waals surface area (Å²) in [6.07, 6.45) is 3.31. The van der Waals surface area contributed by atoms with Gasteiger partial charge in [-0.05, 0) is 12.0 Å². The summed E-state index contributed by atoms with van der Waals surface area (Å²) < 4.78 is 0. The van der Waals surface area contributed by atoms with Crippen LogP contribution < -0.4 is 0 Å². The predicted octanol–water partition coefficient (Wildman–Crippen LogP) is 3.01. The van der Waals surface area contributed by atoms with Crippen molar-refractivity contribution in [3.8, 4) is 0 Å². The molecule has 0 spiro atoms. The third kappa shape index (κ3) is 3.82. The molecule has 0 amide bonds. The van der Waals surface area contributed by atoms with Gasteiger partial charge in [0.05, 0.1) is 0 Å². The number of benzene rings is 1. The fourth-order valence-corrected chi connectivity index (χ4v) is 1.16. The molecule has 1 aromatic carbocycles. The molecule has 0 aliphatic rings. The largest absolute Gasteiger partial charge is 0.339 e. The van der Waals surface area contributed by atoms with E-state index in [0.29, 0.717) is 0 Å². The maximum absolute atomic E-state index is 3.83. The molecule has 0 aliphatic heterocycles. The van der Waals surface area contributed by atoms with Crippen LogP contribution in [-0.4, -0.2) is 0 Å². The molecule has 0 aliphatic carbocycles. The van der Waals surface area contributed by atoms with Crippen LogP contribution in [0.1, 0.15) is 24.5 Å². The van der Waals surface area contributed by atoms with Crippen molar-refractivity contribution in [1.29, 1.82) is 0 Å². The van der Waals surface area contributed by atoms with Crippen LogP contribution in [0, 0.1) is 6.92 Å². The Morgan fingerprint density at radius 1 is 1.08 bits per heavy atom. The zero-order chi connectivity index (χ0) is 8.10. The fourth-order valence-electron chi connectivity index (χ4n) is 1.16. The third-order valence-corrected chi connectivity index (χ3v) is 1.85. The summed E-state index contributed by atoms with van der Waals surface area (Å²) in [5, 5.41) is 0. The van der Waals surface area contributed by atoms with Gasteiger partial charge in [-0.1, -0.05) is 43.2 Å². The molecule has 0 saturated carbocycles. The smallest absolute Gasteiger partial charge is 0 e. The van der Waals surface area contributed by atoms with Gasteiger partial charge in [0, 0.05) is 32.7 Å². The quantitative estimate of drug-likeness (QED) is 0.707. The van der Waals surface area contributed by atoms with Crippen molar-refractivity contribution < 1.29 is 32.7 Å². The van der Waals surface area contributed by atoms with E-state index in [0.717, 1.165) is 6.42 Å². The second-order valence-electron chi connectivity index (χ2n) is 2.82. The van der Waals surface area contributed by atoms with E-state index in [1.807, 2.05) is 0 Å². The molecule has 1 heteroatoms. The van der Waals surface area contributed by atoms with Crippen molar-refractivity contribution >= 4 is 0 Å². The first kappa shape index (κ1) is 12.3. The van der Waals surface area contributed by atoms with Crippen LogP contribution in [-0.2, 0) is 45.6 Å². The van der Waals surface area contributed by atoms with Crippen LogP contribution in [0.4, 0.5) is 0 Å². The van der Waals surface area contributed by atoms with Crippen LogP contribution >= 0.6 is 0 Å². The van der Waals surface area contributed by atoms with E-state index in [4.69, 9.17) is 0 Å². The van der Waals surface area contributed by atoms with E-state index >= 15 is 0 Å². The number of hydrogen-bond acceptors (Lipinski definition) is 0. The Kier molecular flexibility index (Phi) is 6.98. The Balaban J connectivity index is 0.00000121. The monoisotopic (exact) mass is 236 g/mol. The van der Waals surface area contributed by atoms with Crippen LogP contribution in [0.5, 0.6) is 0 Å². The zero-order valence-electron chi connectivity index (χ0n) is 7.72. The first-order chi connectivity index (χ1) is 5.36. The van der Waals surface area contributed by atoms with E-state index in [-0.39, 0.29) is 32.7 Å². The van der Waals surface area contributed by atoms with E-state index in [1.165, 1.54) is 24.0 Å². The molecule has 0 nitrogen and oxygen atoms in total. The van der Waals surface area contributed by atoms with Crippen molar-refractivity contribution in [1.82, 2.24) is 0 Å². The van der Waals surface area contributed by atoms with E-state index in [9.17, 15) is 0 Å². The summed E-state index contributed by atoms with van der Waals surface area (Å²) in [5.74, 6) is 0. The topological polar surface area (TPSA) is 0 Å². The second kappa shape index (κ2) is 6.80. The standard InChI is InChI=1S/C11H15.Y/c1-3-5-11-8-6-10(4-2)7-9-11;/h6-9H,2-5H2,1H3;/q-1;. The molecular formula is C11H15Y-. The fraction of sp³-hybridized carbons (Fsp3) is 0.364. The van der Waals surface area contributed by atoms with Crippen LogP contribution in [0.25, 0.3) is 0 Å². The van der Waals surface area contributed by atoms with Crippen LogP contribution in [0.15, 0.2) is 24.3 Å². The third-order valence-electron chi connectivity index (χ3n) is 1.85. The molecule has 1 radical (unpaired) electrons. The van der Waals surface area contributed by atoms with Crippen molar-refractivity contribution in [3.05, 3.63) is 42.3 Å². The number of rotatable bonds is 3. The molecule has 0 unspecified atom stereocenters. The minimum atomic E-state index is 0. The van der Waals surface area contributed by atoms with E-state index in [1.54, 1.807) is 0 Å². The molecule has 0 saturated heterocycles. The van der Waals surface area contributed by atoms with E-state index in [2.05, 4.69) is 38.1 Å². The molecular weight excluding hydrogens is 221 g/mol. The summed E-state index contributed by atoms with van der Waals surface area (Å²) in [5.41, 5.74) is 2.76. The normalized spacial score (nSPS) is 9.17. The molecule has 0 heterocycles. The van der Waals surface area contributed by atoms with Gasteiger partial charge in [-0.2, -0.15) is 6.42 Å². The Morgan fingerprint density at radius 3 is 2.00 bits per heavy atom. The molecule has 0 fully saturated rings. The zero-order valence-corrected chi connectivity index (χ0v) is 10.6. The van der Waals surface area contributed by atoms with Crippen molar-refractivity contribution in [3.63, 3.8) is 0 Å². The van der Waals surface area contributed by atoms with Gasteiger partial charge in [0.15, 0.2) is 0 Å². The van der Waals surface area contributed by atoms with Crippen LogP contribution in [0.2, 0.25) is 0 Å². The maximum atomic E-state index is 3.83. The van der Waals surface area contributed by atoms with Gasteiger partial charge in [0.2, 0.25) is 0 Å². The van der Waals surface area contributed by atoms with Gasteiger partial charge in [-0.25, -0.2) is 0 Å². The van der Waals surface area contributed by atoms with Crippen molar-refractivity contribution in [2.24, 2.45) is 0 Å². The summed E-state index contributed by atoms with van der Waals surface area (Å²) in [6, 6.07) is 8.73. The van der Waals surface area contributed by atoms with Gasteiger partial charge in [0.25, 0.3) is 0 Å². The summed E-state index contributed by atoms with van der Waals surface area (Å²) in [4.78, 5) is 0. The van der Waals surface area contributed by atoms with Gasteiger partial charge in [-0.15, -0.1) is 0 Å². The number of aryl methyl sites for hydroxylation is 1. The Morgan fingerprint density at radius 2 is 1.58 bits per heavy atom. The first-order valence-electron chi connectivity index (χ1n) is 4.24. The van der Waals surface area contributed by atoms with Gasteiger partial charge in [0.1, 0.15) is 0 Å². The van der Waals surface area contributed by atoms with Gasteiger partial charge >= 0.3 is 0 Å². The van der Waals surface area contributed by atoms with E-state index < -0.39 is 0 Å². The average molecular weight is 236 g/mol. The predicted molar refractivity (Wildman–Crippen MR) is 49.5 cm³/mol. The molecule has 1 rings (SSSR count). The summed E-state index contributed by atoms with van der Waals surface area (Å²) in [7, 11) is 0. The van der Waals surface area contributed by atoms with Crippen LogP contribution in [0.3, 0.4) is 0 Å². The average Bonchev–Trinajstić information content (AvgIpc) is 2.07. The SMILES string of the molecule is [CH2-]Cc1ccc(CCC)cc1.[Y]. The Hall–Kier alpha value is 0.324. The van der Waals surface area contributed by atoms with Gasteiger partial charge in [-0.3, -0.25) is 0 Å². The molecule has 0 N–H and O–H groups in total. The molecule has 63 valence electrons. The molecule has 0 aromatic heterocycles. The molecule has 0 atom stereocenters. The molecule has 12 heavy (non-hydrogen) atoms. The summed E-state index contributed by atoms with van der Waals surface area (Å²) >= 11 is 0. The number of hydrogen-bond donors (Lipinski definition) is 0. The van der Waals surface area contributed by atoms with Crippen molar-refractivity contribution in [2.45, 2.75) is 26.2 Å². The van der Waals surface area contributed by atoms with Gasteiger partial charge < -0.3 is 6.92 Å². The first-order valence-corrected chi connectivity index (χ1v) is 4.24. The Bertz CT molecular complexity index is 201. The molecule has 0 bridgehead atoms. The van der Waals surface area contributed by atoms with Crippen molar-refractivity contribution in [2.75, 3.05) is 0 Å². The maximum Gasteiger partial charge on any atom is 0 e.